The normalized spacial score (nSPS) is 11.5. The SMILES string of the molecule is CN(C)S(=O)(=O)c1cc(-c2cn[nH]n2)c(Cl)cc1C(=O)Nc1cc(-c2ccc(F)c(F)c2)ccc1C(=O)O. The molecule has 0 atom stereocenters. The average molecular weight is 562 g/mol. The Kier molecular flexibility index (Phi) is 7.26. The highest BCUT2D eigenvalue weighted by Crippen LogP contribution is 2.34. The van der Waals surface area contributed by atoms with Crippen LogP contribution >= 0.6 is 11.6 Å². The predicted molar refractivity (Wildman–Crippen MR) is 134 cm³/mol. The zero-order chi connectivity index (χ0) is 27.8. The summed E-state index contributed by atoms with van der Waals surface area (Å²) >= 11 is 6.35. The van der Waals surface area contributed by atoms with Crippen molar-refractivity contribution in [1.29, 1.82) is 0 Å². The Morgan fingerprint density at radius 2 is 1.68 bits per heavy atom. The van der Waals surface area contributed by atoms with Crippen LogP contribution in [0.2, 0.25) is 5.02 Å². The van der Waals surface area contributed by atoms with Crippen LogP contribution in [-0.2, 0) is 10.0 Å². The van der Waals surface area contributed by atoms with Gasteiger partial charge in [0.1, 0.15) is 5.69 Å². The number of carbonyl (C=O) groups is 2. The third-order valence-corrected chi connectivity index (χ3v) is 7.68. The lowest BCUT2D eigenvalue weighted by Crippen LogP contribution is -2.26. The summed E-state index contributed by atoms with van der Waals surface area (Å²) in [5.41, 5.74) is -0.0161. The van der Waals surface area contributed by atoms with E-state index in [2.05, 4.69) is 20.7 Å². The lowest BCUT2D eigenvalue weighted by atomic mass is 10.0. The summed E-state index contributed by atoms with van der Waals surface area (Å²) in [6, 6.07) is 9.18. The van der Waals surface area contributed by atoms with Crippen LogP contribution in [0.3, 0.4) is 0 Å². The molecule has 0 saturated heterocycles. The Morgan fingerprint density at radius 1 is 1.00 bits per heavy atom. The van der Waals surface area contributed by atoms with Gasteiger partial charge in [0.15, 0.2) is 11.6 Å². The van der Waals surface area contributed by atoms with Gasteiger partial charge < -0.3 is 10.4 Å². The summed E-state index contributed by atoms with van der Waals surface area (Å²) in [5, 5.41) is 22.0. The highest BCUT2D eigenvalue weighted by molar-refractivity contribution is 7.89. The van der Waals surface area contributed by atoms with Crippen molar-refractivity contribution in [3.63, 3.8) is 0 Å². The van der Waals surface area contributed by atoms with Gasteiger partial charge >= 0.3 is 5.97 Å². The Labute approximate surface area is 219 Å². The zero-order valence-electron chi connectivity index (χ0n) is 19.7. The van der Waals surface area contributed by atoms with E-state index in [-0.39, 0.29) is 44.2 Å². The van der Waals surface area contributed by atoms with Crippen molar-refractivity contribution < 1.29 is 31.9 Å². The first-order valence-electron chi connectivity index (χ1n) is 10.7. The summed E-state index contributed by atoms with van der Waals surface area (Å²) in [6.45, 7) is 0. The molecule has 10 nitrogen and oxygen atoms in total. The number of benzene rings is 3. The number of amides is 1. The van der Waals surface area contributed by atoms with E-state index < -0.39 is 38.4 Å². The zero-order valence-corrected chi connectivity index (χ0v) is 21.2. The monoisotopic (exact) mass is 561 g/mol. The van der Waals surface area contributed by atoms with Gasteiger partial charge in [0.2, 0.25) is 10.0 Å². The molecule has 1 aromatic heterocycles. The topological polar surface area (TPSA) is 145 Å². The third kappa shape index (κ3) is 5.11. The van der Waals surface area contributed by atoms with Crippen molar-refractivity contribution in [3.8, 4) is 22.4 Å². The van der Waals surface area contributed by atoms with E-state index >= 15 is 0 Å². The lowest BCUT2D eigenvalue weighted by molar-refractivity contribution is 0.0698. The van der Waals surface area contributed by atoms with Crippen molar-refractivity contribution in [2.45, 2.75) is 4.90 Å². The van der Waals surface area contributed by atoms with Gasteiger partial charge in [-0.1, -0.05) is 23.7 Å². The molecule has 0 radical (unpaired) electrons. The fraction of sp³-hybridized carbons (Fsp3) is 0.0833. The van der Waals surface area contributed by atoms with Crippen LogP contribution in [0.5, 0.6) is 0 Å². The molecule has 4 rings (SSSR count). The lowest BCUT2D eigenvalue weighted by Gasteiger charge is -2.18. The number of hydrogen-bond acceptors (Lipinski definition) is 6. The molecule has 0 aliphatic carbocycles. The number of aromatic carboxylic acids is 1. The number of hydrogen-bond donors (Lipinski definition) is 3. The molecule has 3 aromatic carbocycles. The van der Waals surface area contributed by atoms with Crippen LogP contribution in [0.15, 0.2) is 59.6 Å². The number of rotatable bonds is 7. The van der Waals surface area contributed by atoms with E-state index in [0.717, 1.165) is 22.5 Å². The molecule has 196 valence electrons. The first-order valence-corrected chi connectivity index (χ1v) is 12.5. The molecule has 1 heterocycles. The maximum absolute atomic E-state index is 13.8. The third-order valence-electron chi connectivity index (χ3n) is 5.51. The van der Waals surface area contributed by atoms with E-state index in [1.807, 2.05) is 0 Å². The molecule has 3 N–H and O–H groups in total. The molecular weight excluding hydrogens is 544 g/mol. The van der Waals surface area contributed by atoms with Crippen LogP contribution in [0.4, 0.5) is 14.5 Å². The summed E-state index contributed by atoms with van der Waals surface area (Å²) in [4.78, 5) is 24.8. The van der Waals surface area contributed by atoms with E-state index in [1.165, 1.54) is 50.6 Å². The average Bonchev–Trinajstić information content (AvgIpc) is 3.39. The van der Waals surface area contributed by atoms with Crippen LogP contribution in [-0.4, -0.2) is 59.2 Å². The van der Waals surface area contributed by atoms with Gasteiger partial charge in [0.25, 0.3) is 5.91 Å². The summed E-state index contributed by atoms with van der Waals surface area (Å²) in [5.74, 6) is -4.55. The second-order valence-corrected chi connectivity index (χ2v) is 10.6. The van der Waals surface area contributed by atoms with Gasteiger partial charge in [-0.3, -0.25) is 4.79 Å². The molecule has 0 unspecified atom stereocenters. The minimum absolute atomic E-state index is 0.0178. The van der Waals surface area contributed by atoms with E-state index in [1.54, 1.807) is 0 Å². The van der Waals surface area contributed by atoms with Gasteiger partial charge in [-0.15, -0.1) is 0 Å². The van der Waals surface area contributed by atoms with Crippen LogP contribution in [0.1, 0.15) is 20.7 Å². The van der Waals surface area contributed by atoms with Crippen molar-refractivity contribution in [3.05, 3.63) is 82.5 Å². The van der Waals surface area contributed by atoms with E-state index in [9.17, 15) is 31.9 Å². The maximum Gasteiger partial charge on any atom is 0.337 e. The predicted octanol–water partition coefficient (Wildman–Crippen LogP) is 4.27. The van der Waals surface area contributed by atoms with Crippen molar-refractivity contribution >= 4 is 39.2 Å². The largest absolute Gasteiger partial charge is 0.478 e. The van der Waals surface area contributed by atoms with Crippen molar-refractivity contribution in [1.82, 2.24) is 19.7 Å². The smallest absolute Gasteiger partial charge is 0.337 e. The molecular formula is C24H18ClF2N5O5S. The highest BCUT2D eigenvalue weighted by atomic mass is 35.5. The first-order chi connectivity index (χ1) is 17.9. The van der Waals surface area contributed by atoms with Gasteiger partial charge in [-0.05, 0) is 47.5 Å². The van der Waals surface area contributed by atoms with E-state index in [4.69, 9.17) is 11.6 Å². The number of carboxylic acids is 1. The second-order valence-electron chi connectivity index (χ2n) is 8.12. The second kappa shape index (κ2) is 10.3. The quantitative estimate of drug-likeness (QED) is 0.305. The van der Waals surface area contributed by atoms with Crippen LogP contribution in [0, 0.1) is 11.6 Å². The summed E-state index contributed by atoms with van der Waals surface area (Å²) in [7, 11) is -1.65. The number of sulfonamides is 1. The molecule has 0 spiro atoms. The van der Waals surface area contributed by atoms with Crippen LogP contribution < -0.4 is 5.32 Å². The number of carbonyl (C=O) groups excluding carboxylic acids is 1. The highest BCUT2D eigenvalue weighted by Gasteiger charge is 2.28. The first kappa shape index (κ1) is 26.9. The Morgan fingerprint density at radius 3 is 2.29 bits per heavy atom. The molecule has 38 heavy (non-hydrogen) atoms. The fourth-order valence-electron chi connectivity index (χ4n) is 3.55. The number of nitrogens with one attached hydrogen (secondary N) is 2. The molecule has 0 aliphatic heterocycles. The van der Waals surface area contributed by atoms with Gasteiger partial charge in [0, 0.05) is 19.7 Å². The number of halogens is 3. The van der Waals surface area contributed by atoms with Gasteiger partial charge in [-0.2, -0.15) is 15.4 Å². The van der Waals surface area contributed by atoms with Crippen molar-refractivity contribution in [2.75, 3.05) is 19.4 Å². The minimum atomic E-state index is -4.20. The number of anilines is 1. The van der Waals surface area contributed by atoms with E-state index in [0.29, 0.717) is 0 Å². The number of H-pyrrole nitrogens is 1. The maximum atomic E-state index is 13.8. The van der Waals surface area contributed by atoms with Gasteiger partial charge in [-0.25, -0.2) is 26.3 Å². The standard InChI is InChI=1S/C24H18ClF2N5O5S/c1-32(2)38(36,37)22-10-15(21-11-28-31-30-21)17(25)9-16(22)23(33)29-20-8-13(3-5-14(20)24(34)35)12-4-6-18(26)19(27)7-12/h3-11H,1-2H3,(H,29,33)(H,34,35)(H,28,30,31). The number of aromatic amines is 1. The summed E-state index contributed by atoms with van der Waals surface area (Å²) < 4.78 is 54.3. The Balaban J connectivity index is 1.83. The minimum Gasteiger partial charge on any atom is -0.478 e. The van der Waals surface area contributed by atoms with Crippen molar-refractivity contribution in [2.24, 2.45) is 0 Å². The molecule has 1 amide bonds. The molecule has 4 aromatic rings. The fourth-order valence-corrected chi connectivity index (χ4v) is 4.90. The summed E-state index contributed by atoms with van der Waals surface area (Å²) in [6.07, 6.45) is 1.32. The molecule has 0 bridgehead atoms. The molecule has 14 heteroatoms. The van der Waals surface area contributed by atoms with Crippen LogP contribution in [0.25, 0.3) is 22.4 Å². The molecule has 0 fully saturated rings. The molecule has 0 aliphatic rings. The Hall–Kier alpha value is -4.20. The molecule has 0 saturated carbocycles. The van der Waals surface area contributed by atoms with Gasteiger partial charge in [0.05, 0.1) is 32.9 Å². The number of aromatic nitrogens is 3. The Bertz CT molecular complexity index is 1680. The number of carboxylic acid groups (broad SMARTS) is 1. The number of nitrogens with zero attached hydrogens (tertiary/aromatic N) is 3.